The summed E-state index contributed by atoms with van der Waals surface area (Å²) >= 11 is 6.25. The van der Waals surface area contributed by atoms with Gasteiger partial charge in [-0.15, -0.1) is 0 Å². The standard InChI is InChI=1S/C23H29ClN4O2/c1-14-19(25-15(2)21(14)23(30)27(5)6)13-18-17-12-16(24)8-9-20(17)28(22(18)29)11-7-10-26(3)4/h8-9,12-13,25H,7,10-11H2,1-6H3/b18-13-. The number of anilines is 1. The van der Waals surface area contributed by atoms with Gasteiger partial charge < -0.3 is 19.7 Å². The molecule has 160 valence electrons. The molecule has 0 spiro atoms. The maximum absolute atomic E-state index is 13.3. The molecule has 3 rings (SSSR count). The molecule has 0 fully saturated rings. The fourth-order valence-electron chi connectivity index (χ4n) is 3.84. The number of nitrogens with zero attached hydrogens (tertiary/aromatic N) is 3. The van der Waals surface area contributed by atoms with Gasteiger partial charge in [0, 0.05) is 42.6 Å². The van der Waals surface area contributed by atoms with Crippen LogP contribution >= 0.6 is 11.6 Å². The molecule has 1 aromatic carbocycles. The van der Waals surface area contributed by atoms with Gasteiger partial charge in [0.25, 0.3) is 11.8 Å². The molecule has 0 radical (unpaired) electrons. The lowest BCUT2D eigenvalue weighted by Gasteiger charge is -2.18. The van der Waals surface area contributed by atoms with Gasteiger partial charge in [0.05, 0.1) is 16.8 Å². The number of hydrogen-bond acceptors (Lipinski definition) is 3. The van der Waals surface area contributed by atoms with Crippen LogP contribution in [0.25, 0.3) is 11.6 Å². The maximum Gasteiger partial charge on any atom is 0.259 e. The lowest BCUT2D eigenvalue weighted by molar-refractivity contribution is -0.113. The van der Waals surface area contributed by atoms with Gasteiger partial charge in [-0.25, -0.2) is 0 Å². The molecule has 0 unspecified atom stereocenters. The summed E-state index contributed by atoms with van der Waals surface area (Å²) in [6.07, 6.45) is 2.72. The number of fused-ring (bicyclic) bond motifs is 1. The van der Waals surface area contributed by atoms with Crippen LogP contribution in [0, 0.1) is 13.8 Å². The molecule has 1 aromatic heterocycles. The highest BCUT2D eigenvalue weighted by molar-refractivity contribution is 6.37. The minimum absolute atomic E-state index is 0.0434. The summed E-state index contributed by atoms with van der Waals surface area (Å²) in [5.41, 5.74) is 5.32. The molecule has 6 nitrogen and oxygen atoms in total. The van der Waals surface area contributed by atoms with Gasteiger partial charge in [-0.2, -0.15) is 0 Å². The van der Waals surface area contributed by atoms with Crippen molar-refractivity contribution in [1.29, 1.82) is 0 Å². The Hall–Kier alpha value is -2.57. The first-order chi connectivity index (χ1) is 14.1. The number of nitrogens with one attached hydrogen (secondary N) is 1. The Kier molecular flexibility index (Phi) is 6.38. The van der Waals surface area contributed by atoms with E-state index in [1.54, 1.807) is 19.0 Å². The number of H-pyrrole nitrogens is 1. The number of carbonyl (C=O) groups excluding carboxylic acids is 2. The summed E-state index contributed by atoms with van der Waals surface area (Å²) < 4.78 is 0. The average Bonchev–Trinajstić information content (AvgIpc) is 3.08. The molecule has 2 aromatic rings. The SMILES string of the molecule is Cc1[nH]c(/C=C2\C(=O)N(CCCN(C)C)c3ccc(Cl)cc32)c(C)c1C(=O)N(C)C. The van der Waals surface area contributed by atoms with Crippen molar-refractivity contribution in [2.75, 3.05) is 46.2 Å². The first kappa shape index (κ1) is 22.1. The number of halogens is 1. The van der Waals surface area contributed by atoms with Crippen molar-refractivity contribution in [3.63, 3.8) is 0 Å². The van der Waals surface area contributed by atoms with Crippen LogP contribution < -0.4 is 4.90 Å². The third kappa shape index (κ3) is 4.16. The van der Waals surface area contributed by atoms with Gasteiger partial charge in [0.1, 0.15) is 0 Å². The lowest BCUT2D eigenvalue weighted by Crippen LogP contribution is -2.29. The van der Waals surface area contributed by atoms with Crippen LogP contribution in [-0.2, 0) is 4.79 Å². The molecule has 0 atom stereocenters. The van der Waals surface area contributed by atoms with E-state index in [9.17, 15) is 9.59 Å². The third-order valence-corrected chi connectivity index (χ3v) is 5.62. The van der Waals surface area contributed by atoms with Gasteiger partial charge in [-0.3, -0.25) is 9.59 Å². The predicted molar refractivity (Wildman–Crippen MR) is 123 cm³/mol. The molecular formula is C23H29ClN4O2. The van der Waals surface area contributed by atoms with Crippen LogP contribution in [0.4, 0.5) is 5.69 Å². The zero-order valence-electron chi connectivity index (χ0n) is 18.5. The van der Waals surface area contributed by atoms with Crippen molar-refractivity contribution in [3.8, 4) is 0 Å². The Morgan fingerprint density at radius 2 is 1.90 bits per heavy atom. The molecule has 1 N–H and O–H groups in total. The molecule has 2 amide bonds. The second kappa shape index (κ2) is 8.66. The second-order valence-corrected chi connectivity index (χ2v) is 8.63. The summed E-state index contributed by atoms with van der Waals surface area (Å²) in [7, 11) is 7.51. The van der Waals surface area contributed by atoms with Crippen LogP contribution in [0.1, 0.15) is 39.3 Å². The Bertz CT molecular complexity index is 1020. The lowest BCUT2D eigenvalue weighted by atomic mass is 10.0. The topological polar surface area (TPSA) is 59.7 Å². The number of carbonyl (C=O) groups is 2. The summed E-state index contributed by atoms with van der Waals surface area (Å²) in [5, 5.41) is 0.588. The summed E-state index contributed by atoms with van der Waals surface area (Å²) in [5.74, 6) is -0.101. The van der Waals surface area contributed by atoms with Gasteiger partial charge in [-0.05, 0) is 70.7 Å². The average molecular weight is 429 g/mol. The van der Waals surface area contributed by atoms with Gasteiger partial charge >= 0.3 is 0 Å². The fraction of sp³-hybridized carbons (Fsp3) is 0.391. The molecule has 0 saturated carbocycles. The zero-order valence-corrected chi connectivity index (χ0v) is 19.2. The third-order valence-electron chi connectivity index (χ3n) is 5.39. The number of aryl methyl sites for hydroxylation is 1. The summed E-state index contributed by atoms with van der Waals surface area (Å²) in [6, 6.07) is 5.55. The smallest absolute Gasteiger partial charge is 0.259 e. The van der Waals surface area contributed by atoms with E-state index in [1.807, 2.05) is 57.1 Å². The predicted octanol–water partition coefficient (Wildman–Crippen LogP) is 3.83. The maximum atomic E-state index is 13.3. The van der Waals surface area contributed by atoms with Crippen LogP contribution in [0.5, 0.6) is 0 Å². The second-order valence-electron chi connectivity index (χ2n) is 8.20. The monoisotopic (exact) mass is 428 g/mol. The molecule has 0 bridgehead atoms. The number of hydrogen-bond donors (Lipinski definition) is 1. The van der Waals surface area contributed by atoms with Crippen molar-refractivity contribution < 1.29 is 9.59 Å². The van der Waals surface area contributed by atoms with E-state index < -0.39 is 0 Å². The fourth-order valence-corrected chi connectivity index (χ4v) is 4.02. The van der Waals surface area contributed by atoms with Crippen molar-refractivity contribution >= 4 is 40.8 Å². The molecule has 2 heterocycles. The van der Waals surface area contributed by atoms with Gasteiger partial charge in [0.15, 0.2) is 0 Å². The summed E-state index contributed by atoms with van der Waals surface area (Å²) in [4.78, 5) is 34.6. The Labute approximate surface area is 183 Å². The van der Waals surface area contributed by atoms with Crippen LogP contribution in [0.3, 0.4) is 0 Å². The van der Waals surface area contributed by atoms with Crippen molar-refractivity contribution in [2.24, 2.45) is 0 Å². The molecule has 1 aliphatic rings. The van der Waals surface area contributed by atoms with Crippen molar-refractivity contribution in [3.05, 3.63) is 51.3 Å². The van der Waals surface area contributed by atoms with Crippen LogP contribution in [0.15, 0.2) is 18.2 Å². The van der Waals surface area contributed by atoms with Gasteiger partial charge in [0.2, 0.25) is 0 Å². The molecule has 1 aliphatic heterocycles. The minimum atomic E-state index is -0.0580. The van der Waals surface area contributed by atoms with Crippen LogP contribution in [-0.4, -0.2) is 67.9 Å². The largest absolute Gasteiger partial charge is 0.358 e. The quantitative estimate of drug-likeness (QED) is 0.711. The van der Waals surface area contributed by atoms with E-state index in [2.05, 4.69) is 9.88 Å². The van der Waals surface area contributed by atoms with Crippen LogP contribution in [0.2, 0.25) is 5.02 Å². The first-order valence-corrected chi connectivity index (χ1v) is 10.4. The zero-order chi connectivity index (χ0) is 22.2. The molecule has 0 saturated heterocycles. The number of amides is 2. The molecule has 30 heavy (non-hydrogen) atoms. The Morgan fingerprint density at radius 3 is 2.53 bits per heavy atom. The van der Waals surface area contributed by atoms with E-state index in [0.29, 0.717) is 22.7 Å². The highest BCUT2D eigenvalue weighted by atomic mass is 35.5. The minimum Gasteiger partial charge on any atom is -0.358 e. The van der Waals surface area contributed by atoms with Crippen molar-refractivity contribution in [1.82, 2.24) is 14.8 Å². The normalized spacial score (nSPS) is 14.7. The number of rotatable bonds is 6. The number of aromatic nitrogens is 1. The van der Waals surface area contributed by atoms with E-state index >= 15 is 0 Å². The Morgan fingerprint density at radius 1 is 1.20 bits per heavy atom. The molecular weight excluding hydrogens is 400 g/mol. The van der Waals surface area contributed by atoms with E-state index in [0.717, 1.165) is 41.2 Å². The highest BCUT2D eigenvalue weighted by Crippen LogP contribution is 2.39. The van der Waals surface area contributed by atoms with E-state index in [1.165, 1.54) is 0 Å². The van der Waals surface area contributed by atoms with E-state index in [-0.39, 0.29) is 11.8 Å². The summed E-state index contributed by atoms with van der Waals surface area (Å²) in [6.45, 7) is 5.31. The molecule has 0 aliphatic carbocycles. The van der Waals surface area contributed by atoms with Gasteiger partial charge in [-0.1, -0.05) is 11.6 Å². The number of aromatic amines is 1. The Balaban J connectivity index is 2.03. The van der Waals surface area contributed by atoms with E-state index in [4.69, 9.17) is 11.6 Å². The highest BCUT2D eigenvalue weighted by Gasteiger charge is 2.32. The van der Waals surface area contributed by atoms with Crippen molar-refractivity contribution in [2.45, 2.75) is 20.3 Å². The number of benzene rings is 1. The first-order valence-electron chi connectivity index (χ1n) is 10.0. The molecule has 7 heteroatoms.